The van der Waals surface area contributed by atoms with Gasteiger partial charge in [-0.25, -0.2) is 0 Å². The second-order valence-corrected chi connectivity index (χ2v) is 9.96. The molecule has 0 N–H and O–H groups in total. The maximum atomic E-state index is 6.99. The summed E-state index contributed by atoms with van der Waals surface area (Å²) in [6.45, 7) is 8.62. The summed E-state index contributed by atoms with van der Waals surface area (Å²) in [6, 6.07) is 26.0. The highest BCUT2D eigenvalue weighted by Gasteiger charge is 2.38. The Morgan fingerprint density at radius 1 is 0.578 bits per heavy atom. The minimum Gasteiger partial charge on any atom is -0.497 e. The van der Waals surface area contributed by atoms with Gasteiger partial charge in [-0.2, -0.15) is 0 Å². The molecule has 3 rings (SSSR count). The number of rotatable bonds is 25. The SMILES string of the molecule is C=CCOC[C@H](COC(c1ccccc1)(c1ccc(OC)cc1)c1ccc(OC)cc1)OCCOCCOCCOCCOC. The van der Waals surface area contributed by atoms with E-state index in [1.807, 2.05) is 66.7 Å². The van der Waals surface area contributed by atoms with Crippen molar-refractivity contribution in [2.24, 2.45) is 0 Å². The van der Waals surface area contributed by atoms with E-state index in [0.29, 0.717) is 66.1 Å². The molecule has 45 heavy (non-hydrogen) atoms. The van der Waals surface area contributed by atoms with E-state index in [4.69, 9.17) is 42.6 Å². The summed E-state index contributed by atoms with van der Waals surface area (Å²) in [4.78, 5) is 0. The van der Waals surface area contributed by atoms with Crippen molar-refractivity contribution in [2.75, 3.05) is 94.0 Å². The summed E-state index contributed by atoms with van der Waals surface area (Å²) in [7, 11) is 4.96. The summed E-state index contributed by atoms with van der Waals surface area (Å²) in [5.41, 5.74) is 1.90. The van der Waals surface area contributed by atoms with Crippen molar-refractivity contribution in [3.63, 3.8) is 0 Å². The molecule has 3 aromatic carbocycles. The van der Waals surface area contributed by atoms with Gasteiger partial charge in [-0.1, -0.05) is 60.7 Å². The van der Waals surface area contributed by atoms with Gasteiger partial charge in [-0.15, -0.1) is 6.58 Å². The standard InChI is InChI=1S/C36H48O9/c1-5-19-43-28-35(44-27-26-42-25-24-41-23-22-40-21-20-37-2)29-45-36(30-9-7-6-8-10-30,31-11-15-33(38-3)16-12-31)32-13-17-34(39-4)18-14-32/h5-18,35H,1,19-29H2,2-4H3/t35-/m1/s1. The quantitative estimate of drug-likeness (QED) is 0.0709. The van der Waals surface area contributed by atoms with Gasteiger partial charge in [0.15, 0.2) is 0 Å². The highest BCUT2D eigenvalue weighted by molar-refractivity contribution is 5.49. The van der Waals surface area contributed by atoms with Crippen LogP contribution in [0.1, 0.15) is 16.7 Å². The van der Waals surface area contributed by atoms with E-state index in [0.717, 1.165) is 28.2 Å². The van der Waals surface area contributed by atoms with Crippen molar-refractivity contribution in [3.05, 3.63) is 108 Å². The van der Waals surface area contributed by atoms with Gasteiger partial charge in [0.05, 0.1) is 86.9 Å². The monoisotopic (exact) mass is 624 g/mol. The van der Waals surface area contributed by atoms with E-state index in [1.54, 1.807) is 27.4 Å². The first-order valence-electron chi connectivity index (χ1n) is 15.2. The second-order valence-electron chi connectivity index (χ2n) is 9.96. The van der Waals surface area contributed by atoms with Gasteiger partial charge in [-0.05, 0) is 41.0 Å². The first-order chi connectivity index (χ1) is 22.2. The molecule has 0 aromatic heterocycles. The van der Waals surface area contributed by atoms with Crippen molar-refractivity contribution >= 4 is 0 Å². The smallest absolute Gasteiger partial charge is 0.143 e. The van der Waals surface area contributed by atoms with Crippen LogP contribution in [0, 0.1) is 0 Å². The normalized spacial score (nSPS) is 12.2. The van der Waals surface area contributed by atoms with Crippen molar-refractivity contribution < 1.29 is 42.6 Å². The third-order valence-corrected chi connectivity index (χ3v) is 6.96. The first-order valence-corrected chi connectivity index (χ1v) is 15.2. The van der Waals surface area contributed by atoms with Gasteiger partial charge in [-0.3, -0.25) is 0 Å². The van der Waals surface area contributed by atoms with Crippen molar-refractivity contribution in [3.8, 4) is 11.5 Å². The number of benzene rings is 3. The number of hydrogen-bond acceptors (Lipinski definition) is 9. The van der Waals surface area contributed by atoms with E-state index < -0.39 is 5.60 Å². The number of hydrogen-bond donors (Lipinski definition) is 0. The van der Waals surface area contributed by atoms with Gasteiger partial charge in [0.2, 0.25) is 0 Å². The van der Waals surface area contributed by atoms with Crippen LogP contribution >= 0.6 is 0 Å². The van der Waals surface area contributed by atoms with E-state index in [-0.39, 0.29) is 12.7 Å². The third-order valence-electron chi connectivity index (χ3n) is 6.96. The van der Waals surface area contributed by atoms with Crippen LogP contribution in [0.5, 0.6) is 11.5 Å². The zero-order chi connectivity index (χ0) is 32.0. The van der Waals surface area contributed by atoms with E-state index in [9.17, 15) is 0 Å². The van der Waals surface area contributed by atoms with Gasteiger partial charge < -0.3 is 42.6 Å². The highest BCUT2D eigenvalue weighted by Crippen LogP contribution is 2.41. The molecule has 9 heteroatoms. The summed E-state index contributed by atoms with van der Waals surface area (Å²) >= 11 is 0. The van der Waals surface area contributed by atoms with Gasteiger partial charge in [0, 0.05) is 7.11 Å². The average molecular weight is 625 g/mol. The molecule has 0 amide bonds. The van der Waals surface area contributed by atoms with Gasteiger partial charge >= 0.3 is 0 Å². The molecule has 0 bridgehead atoms. The third kappa shape index (κ3) is 11.9. The minimum atomic E-state index is -0.957. The summed E-state index contributed by atoms with van der Waals surface area (Å²) in [6.07, 6.45) is 1.35. The lowest BCUT2D eigenvalue weighted by Gasteiger charge is -2.37. The Morgan fingerprint density at radius 3 is 1.56 bits per heavy atom. The molecular weight excluding hydrogens is 576 g/mol. The van der Waals surface area contributed by atoms with Crippen molar-refractivity contribution in [1.82, 2.24) is 0 Å². The fourth-order valence-electron chi connectivity index (χ4n) is 4.68. The highest BCUT2D eigenvalue weighted by atomic mass is 16.6. The molecule has 3 aromatic rings. The molecule has 9 nitrogen and oxygen atoms in total. The molecule has 0 spiro atoms. The van der Waals surface area contributed by atoms with E-state index in [2.05, 4.69) is 18.7 Å². The lowest BCUT2D eigenvalue weighted by molar-refractivity contribution is -0.0990. The largest absolute Gasteiger partial charge is 0.497 e. The molecule has 0 saturated heterocycles. The van der Waals surface area contributed by atoms with Crippen LogP contribution in [0.15, 0.2) is 91.5 Å². The number of methoxy groups -OCH3 is 3. The summed E-state index contributed by atoms with van der Waals surface area (Å²) in [5, 5.41) is 0. The van der Waals surface area contributed by atoms with Gasteiger partial charge in [0.25, 0.3) is 0 Å². The average Bonchev–Trinajstić information content (AvgIpc) is 3.09. The topological polar surface area (TPSA) is 83.1 Å². The van der Waals surface area contributed by atoms with E-state index >= 15 is 0 Å². The lowest BCUT2D eigenvalue weighted by Crippen LogP contribution is -2.38. The van der Waals surface area contributed by atoms with Crippen molar-refractivity contribution in [2.45, 2.75) is 11.7 Å². The zero-order valence-corrected chi connectivity index (χ0v) is 26.8. The van der Waals surface area contributed by atoms with Crippen LogP contribution in [0.4, 0.5) is 0 Å². The Labute approximate surface area is 267 Å². The second kappa shape index (κ2) is 21.5. The molecule has 0 aliphatic carbocycles. The molecule has 246 valence electrons. The Balaban J connectivity index is 1.72. The molecule has 0 fully saturated rings. The minimum absolute atomic E-state index is 0.246. The predicted molar refractivity (Wildman–Crippen MR) is 173 cm³/mol. The maximum Gasteiger partial charge on any atom is 0.143 e. The zero-order valence-electron chi connectivity index (χ0n) is 26.8. The predicted octanol–water partition coefficient (Wildman–Crippen LogP) is 5.30. The fourth-order valence-corrected chi connectivity index (χ4v) is 4.68. The molecule has 0 aliphatic heterocycles. The summed E-state index contributed by atoms with van der Waals surface area (Å²) in [5.74, 6) is 1.52. The van der Waals surface area contributed by atoms with Crippen LogP contribution in [0.3, 0.4) is 0 Å². The molecular formula is C36H48O9. The Morgan fingerprint density at radius 2 is 1.07 bits per heavy atom. The number of ether oxygens (including phenoxy) is 9. The summed E-state index contributed by atoms with van der Waals surface area (Å²) < 4.78 is 51.5. The Kier molecular flexibility index (Phi) is 17.3. The molecule has 0 saturated carbocycles. The van der Waals surface area contributed by atoms with Crippen LogP contribution < -0.4 is 9.47 Å². The molecule has 1 atom stereocenters. The fraction of sp³-hybridized carbons (Fsp3) is 0.444. The van der Waals surface area contributed by atoms with Crippen LogP contribution in [-0.2, 0) is 38.8 Å². The van der Waals surface area contributed by atoms with Gasteiger partial charge in [0.1, 0.15) is 23.2 Å². The lowest BCUT2D eigenvalue weighted by atomic mass is 9.80. The molecule has 0 radical (unpaired) electrons. The molecule has 0 heterocycles. The van der Waals surface area contributed by atoms with Crippen LogP contribution in [0.2, 0.25) is 0 Å². The van der Waals surface area contributed by atoms with E-state index in [1.165, 1.54) is 0 Å². The first kappa shape index (κ1) is 36.2. The molecule has 0 unspecified atom stereocenters. The van der Waals surface area contributed by atoms with Crippen molar-refractivity contribution in [1.29, 1.82) is 0 Å². The van der Waals surface area contributed by atoms with Crippen LogP contribution in [0.25, 0.3) is 0 Å². The Bertz CT molecular complexity index is 1120. The Hall–Kier alpha value is -3.28. The molecule has 0 aliphatic rings. The van der Waals surface area contributed by atoms with Crippen LogP contribution in [-0.4, -0.2) is 100 Å². The maximum absolute atomic E-state index is 6.99.